The number of carboxylic acids is 1. The standard InChI is InChI=1S/C14H15NO4S/c1-9(16)20-8-10-6-13(17)15(7-10)12-4-2-11(3-5-12)14(18)19/h2-5,10H,6-8H2,1H3,(H,18,19). The van der Waals surface area contributed by atoms with Crippen LogP contribution >= 0.6 is 11.8 Å². The van der Waals surface area contributed by atoms with Crippen LogP contribution in [-0.4, -0.2) is 34.4 Å². The molecule has 1 fully saturated rings. The summed E-state index contributed by atoms with van der Waals surface area (Å²) >= 11 is 1.24. The fourth-order valence-electron chi connectivity index (χ4n) is 2.16. The van der Waals surface area contributed by atoms with Gasteiger partial charge in [0.25, 0.3) is 0 Å². The molecule has 106 valence electrons. The number of carbonyl (C=O) groups excluding carboxylic acids is 2. The highest BCUT2D eigenvalue weighted by Gasteiger charge is 2.30. The van der Waals surface area contributed by atoms with Crippen molar-refractivity contribution in [3.05, 3.63) is 29.8 Å². The lowest BCUT2D eigenvalue weighted by Gasteiger charge is -2.16. The van der Waals surface area contributed by atoms with Crippen LogP contribution in [-0.2, 0) is 9.59 Å². The van der Waals surface area contributed by atoms with E-state index >= 15 is 0 Å². The molecule has 0 bridgehead atoms. The molecule has 0 spiro atoms. The summed E-state index contributed by atoms with van der Waals surface area (Å²) < 4.78 is 0. The van der Waals surface area contributed by atoms with Gasteiger partial charge in [0.15, 0.2) is 5.12 Å². The van der Waals surface area contributed by atoms with Crippen LogP contribution in [0.5, 0.6) is 0 Å². The third-order valence-corrected chi connectivity index (χ3v) is 4.20. The summed E-state index contributed by atoms with van der Waals surface area (Å²) in [6, 6.07) is 6.26. The highest BCUT2D eigenvalue weighted by atomic mass is 32.2. The molecule has 1 saturated heterocycles. The van der Waals surface area contributed by atoms with Crippen molar-refractivity contribution in [3.63, 3.8) is 0 Å². The van der Waals surface area contributed by atoms with E-state index in [2.05, 4.69) is 0 Å². The number of amides is 1. The molecule has 20 heavy (non-hydrogen) atoms. The molecule has 0 aliphatic carbocycles. The number of hydrogen-bond acceptors (Lipinski definition) is 4. The van der Waals surface area contributed by atoms with Crippen LogP contribution in [0.4, 0.5) is 5.69 Å². The molecule has 2 rings (SSSR count). The molecule has 1 aliphatic heterocycles. The average Bonchev–Trinajstić information content (AvgIpc) is 2.78. The van der Waals surface area contributed by atoms with E-state index in [1.165, 1.54) is 30.8 Å². The average molecular weight is 293 g/mol. The Hall–Kier alpha value is -1.82. The molecule has 1 unspecified atom stereocenters. The van der Waals surface area contributed by atoms with Crippen molar-refractivity contribution in [2.45, 2.75) is 13.3 Å². The SMILES string of the molecule is CC(=O)SCC1CC(=O)N(c2ccc(C(=O)O)cc2)C1. The van der Waals surface area contributed by atoms with Crippen molar-refractivity contribution in [2.75, 3.05) is 17.2 Å². The Balaban J connectivity index is 2.03. The molecule has 0 aromatic heterocycles. The molecule has 1 N–H and O–H groups in total. The second-order valence-electron chi connectivity index (χ2n) is 4.73. The highest BCUT2D eigenvalue weighted by Crippen LogP contribution is 2.27. The molecule has 1 aromatic carbocycles. The van der Waals surface area contributed by atoms with Crippen LogP contribution in [0.25, 0.3) is 0 Å². The zero-order valence-corrected chi connectivity index (χ0v) is 11.9. The molecule has 1 aliphatic rings. The molecule has 0 saturated carbocycles. The van der Waals surface area contributed by atoms with E-state index in [1.54, 1.807) is 17.0 Å². The molecular formula is C14H15NO4S. The van der Waals surface area contributed by atoms with Crippen LogP contribution in [0.1, 0.15) is 23.7 Å². The molecule has 1 amide bonds. The van der Waals surface area contributed by atoms with E-state index in [0.29, 0.717) is 24.4 Å². The molecular weight excluding hydrogens is 278 g/mol. The maximum atomic E-state index is 12.0. The summed E-state index contributed by atoms with van der Waals surface area (Å²) in [5.41, 5.74) is 0.902. The zero-order chi connectivity index (χ0) is 14.7. The van der Waals surface area contributed by atoms with Gasteiger partial charge in [-0.25, -0.2) is 4.79 Å². The fourth-order valence-corrected chi connectivity index (χ4v) is 2.86. The van der Waals surface area contributed by atoms with Gasteiger partial charge in [0.2, 0.25) is 5.91 Å². The van der Waals surface area contributed by atoms with Gasteiger partial charge in [-0.2, -0.15) is 0 Å². The van der Waals surface area contributed by atoms with E-state index in [9.17, 15) is 14.4 Å². The monoisotopic (exact) mass is 293 g/mol. The van der Waals surface area contributed by atoms with Crippen LogP contribution in [0.2, 0.25) is 0 Å². The first-order chi connectivity index (χ1) is 9.47. The highest BCUT2D eigenvalue weighted by molar-refractivity contribution is 8.13. The van der Waals surface area contributed by atoms with E-state index in [0.717, 1.165) is 0 Å². The molecule has 0 radical (unpaired) electrons. The van der Waals surface area contributed by atoms with Crippen LogP contribution in [0.15, 0.2) is 24.3 Å². The summed E-state index contributed by atoms with van der Waals surface area (Å²) in [6.45, 7) is 2.09. The van der Waals surface area contributed by atoms with Gasteiger partial charge in [-0.05, 0) is 30.2 Å². The number of hydrogen-bond donors (Lipinski definition) is 1. The Kier molecular flexibility index (Phi) is 4.44. The maximum Gasteiger partial charge on any atom is 0.335 e. The molecule has 1 heterocycles. The summed E-state index contributed by atoms with van der Waals surface area (Å²) in [4.78, 5) is 35.3. The normalized spacial score (nSPS) is 18.4. The van der Waals surface area contributed by atoms with Gasteiger partial charge in [0.1, 0.15) is 0 Å². The fraction of sp³-hybridized carbons (Fsp3) is 0.357. The molecule has 5 nitrogen and oxygen atoms in total. The lowest BCUT2D eigenvalue weighted by molar-refractivity contribution is -0.117. The molecule has 1 aromatic rings. The lowest BCUT2D eigenvalue weighted by Crippen LogP contribution is -2.24. The summed E-state index contributed by atoms with van der Waals surface area (Å²) in [6.07, 6.45) is 0.432. The Morgan fingerprint density at radius 3 is 2.55 bits per heavy atom. The first-order valence-corrected chi connectivity index (χ1v) is 7.23. The van der Waals surface area contributed by atoms with Crippen LogP contribution < -0.4 is 4.90 Å². The predicted molar refractivity (Wildman–Crippen MR) is 77.0 cm³/mol. The lowest BCUT2D eigenvalue weighted by atomic mass is 10.1. The summed E-state index contributed by atoms with van der Waals surface area (Å²) in [5.74, 6) is -0.164. The number of thioether (sulfide) groups is 1. The largest absolute Gasteiger partial charge is 0.478 e. The van der Waals surface area contributed by atoms with E-state index in [1.807, 2.05) is 0 Å². The maximum absolute atomic E-state index is 12.0. The quantitative estimate of drug-likeness (QED) is 0.919. The number of nitrogens with zero attached hydrogens (tertiary/aromatic N) is 1. The topological polar surface area (TPSA) is 74.7 Å². The Morgan fingerprint density at radius 1 is 1.35 bits per heavy atom. The number of benzene rings is 1. The van der Waals surface area contributed by atoms with E-state index in [-0.39, 0.29) is 22.5 Å². The molecule has 1 atom stereocenters. The Labute approximate surface area is 121 Å². The number of anilines is 1. The van der Waals surface area contributed by atoms with Crippen molar-refractivity contribution in [1.29, 1.82) is 0 Å². The van der Waals surface area contributed by atoms with Gasteiger partial charge >= 0.3 is 5.97 Å². The van der Waals surface area contributed by atoms with Crippen molar-refractivity contribution < 1.29 is 19.5 Å². The number of carboxylic acid groups (broad SMARTS) is 1. The summed E-state index contributed by atoms with van der Waals surface area (Å²) in [5, 5.41) is 8.90. The minimum Gasteiger partial charge on any atom is -0.478 e. The summed E-state index contributed by atoms with van der Waals surface area (Å²) in [7, 11) is 0. The minimum absolute atomic E-state index is 0.0160. The minimum atomic E-state index is -0.986. The Bertz CT molecular complexity index is 541. The van der Waals surface area contributed by atoms with Gasteiger partial charge < -0.3 is 10.0 Å². The van der Waals surface area contributed by atoms with Gasteiger partial charge in [0, 0.05) is 31.3 Å². The second-order valence-corrected chi connectivity index (χ2v) is 5.93. The van der Waals surface area contributed by atoms with Gasteiger partial charge in [0.05, 0.1) is 5.56 Å². The first-order valence-electron chi connectivity index (χ1n) is 6.24. The number of carbonyl (C=O) groups is 3. The smallest absolute Gasteiger partial charge is 0.335 e. The molecule has 6 heteroatoms. The number of rotatable bonds is 4. The van der Waals surface area contributed by atoms with Crippen LogP contribution in [0.3, 0.4) is 0 Å². The van der Waals surface area contributed by atoms with E-state index in [4.69, 9.17) is 5.11 Å². The third-order valence-electron chi connectivity index (χ3n) is 3.15. The van der Waals surface area contributed by atoms with E-state index < -0.39 is 5.97 Å². The van der Waals surface area contributed by atoms with Gasteiger partial charge in [-0.15, -0.1) is 0 Å². The predicted octanol–water partition coefficient (Wildman–Crippen LogP) is 2.02. The van der Waals surface area contributed by atoms with Crippen molar-refractivity contribution in [3.8, 4) is 0 Å². The van der Waals surface area contributed by atoms with Crippen molar-refractivity contribution in [1.82, 2.24) is 0 Å². The second kappa shape index (κ2) is 6.09. The first kappa shape index (κ1) is 14.6. The van der Waals surface area contributed by atoms with Crippen LogP contribution in [0, 0.1) is 5.92 Å². The third kappa shape index (κ3) is 3.39. The van der Waals surface area contributed by atoms with Crippen molar-refractivity contribution in [2.24, 2.45) is 5.92 Å². The Morgan fingerprint density at radius 2 is 2.00 bits per heavy atom. The van der Waals surface area contributed by atoms with Crippen molar-refractivity contribution >= 4 is 34.4 Å². The zero-order valence-electron chi connectivity index (χ0n) is 11.0. The number of aromatic carboxylic acids is 1. The van der Waals surface area contributed by atoms with Gasteiger partial charge in [-0.1, -0.05) is 11.8 Å². The van der Waals surface area contributed by atoms with Gasteiger partial charge in [-0.3, -0.25) is 9.59 Å².